The van der Waals surface area contributed by atoms with Gasteiger partial charge in [-0.05, 0) is 36.1 Å². The van der Waals surface area contributed by atoms with E-state index in [1.165, 1.54) is 0 Å². The lowest BCUT2D eigenvalue weighted by Gasteiger charge is -2.23. The molecule has 0 unspecified atom stereocenters. The number of sulfonamides is 1. The summed E-state index contributed by atoms with van der Waals surface area (Å²) >= 11 is 0. The van der Waals surface area contributed by atoms with Crippen molar-refractivity contribution in [2.45, 2.75) is 6.92 Å². The molecular weight excluding hydrogens is 388 g/mol. The Labute approximate surface area is 171 Å². The van der Waals surface area contributed by atoms with Crippen molar-refractivity contribution >= 4 is 32.4 Å². The quantitative estimate of drug-likeness (QED) is 0.577. The molecule has 29 heavy (non-hydrogen) atoms. The van der Waals surface area contributed by atoms with Gasteiger partial charge in [0, 0.05) is 5.39 Å². The molecule has 0 spiro atoms. The zero-order valence-electron chi connectivity index (χ0n) is 16.5. The molecule has 3 aromatic carbocycles. The van der Waals surface area contributed by atoms with Crippen LogP contribution in [0.3, 0.4) is 0 Å². The van der Waals surface area contributed by atoms with E-state index in [-0.39, 0.29) is 13.1 Å². The van der Waals surface area contributed by atoms with Gasteiger partial charge in [0.15, 0.2) is 0 Å². The highest BCUT2D eigenvalue weighted by molar-refractivity contribution is 7.92. The molecule has 0 aromatic heterocycles. The highest BCUT2D eigenvalue weighted by Crippen LogP contribution is 2.28. The van der Waals surface area contributed by atoms with Gasteiger partial charge in [-0.15, -0.1) is 0 Å². The summed E-state index contributed by atoms with van der Waals surface area (Å²) < 4.78 is 31.5. The van der Waals surface area contributed by atoms with E-state index in [2.05, 4.69) is 5.32 Å². The molecule has 0 atom stereocenters. The van der Waals surface area contributed by atoms with Crippen molar-refractivity contribution in [2.75, 3.05) is 30.3 Å². The van der Waals surface area contributed by atoms with Crippen LogP contribution in [0.5, 0.6) is 5.75 Å². The third-order valence-electron chi connectivity index (χ3n) is 4.41. The summed E-state index contributed by atoms with van der Waals surface area (Å²) in [6, 6.07) is 20.5. The van der Waals surface area contributed by atoms with E-state index in [0.717, 1.165) is 32.6 Å². The highest BCUT2D eigenvalue weighted by Gasteiger charge is 2.22. The summed E-state index contributed by atoms with van der Waals surface area (Å²) in [6.07, 6.45) is 1.10. The van der Waals surface area contributed by atoms with Crippen molar-refractivity contribution in [3.8, 4) is 5.75 Å². The zero-order valence-corrected chi connectivity index (χ0v) is 17.3. The molecule has 0 heterocycles. The van der Waals surface area contributed by atoms with Crippen LogP contribution in [0.2, 0.25) is 0 Å². The number of carbonyl (C=O) groups is 1. The van der Waals surface area contributed by atoms with Crippen LogP contribution in [0.25, 0.3) is 10.8 Å². The summed E-state index contributed by atoms with van der Waals surface area (Å²) in [5.41, 5.74) is 1.57. The summed E-state index contributed by atoms with van der Waals surface area (Å²) in [5, 5.41) is 4.40. The number of rotatable bonds is 8. The number of nitrogens with zero attached hydrogens (tertiary/aromatic N) is 1. The van der Waals surface area contributed by atoms with Gasteiger partial charge in [-0.1, -0.05) is 48.5 Å². The maximum atomic E-state index is 12.4. The van der Waals surface area contributed by atoms with Crippen LogP contribution < -0.4 is 14.4 Å². The van der Waals surface area contributed by atoms with Gasteiger partial charge in [0.05, 0.1) is 18.5 Å². The van der Waals surface area contributed by atoms with Crippen molar-refractivity contribution in [2.24, 2.45) is 0 Å². The molecule has 0 radical (unpaired) electrons. The average molecular weight is 413 g/mol. The predicted octanol–water partition coefficient (Wildman–Crippen LogP) is 3.11. The van der Waals surface area contributed by atoms with Gasteiger partial charge in [-0.2, -0.15) is 0 Å². The number of carbonyl (C=O) groups excluding carboxylic acids is 1. The first-order chi connectivity index (χ1) is 13.8. The number of hydrogen-bond acceptors (Lipinski definition) is 4. The fourth-order valence-electron chi connectivity index (χ4n) is 3.06. The van der Waals surface area contributed by atoms with Gasteiger partial charge < -0.3 is 10.1 Å². The smallest absolute Gasteiger partial charge is 0.240 e. The lowest BCUT2D eigenvalue weighted by Crippen LogP contribution is -2.41. The number of aryl methyl sites for hydroxylation is 1. The first-order valence-corrected chi connectivity index (χ1v) is 11.1. The molecule has 0 bridgehead atoms. The Morgan fingerprint density at radius 1 is 1.03 bits per heavy atom. The Bertz CT molecular complexity index is 1110. The Hall–Kier alpha value is -3.06. The number of fused-ring (bicyclic) bond motifs is 1. The van der Waals surface area contributed by atoms with Crippen LogP contribution >= 0.6 is 0 Å². The van der Waals surface area contributed by atoms with Gasteiger partial charge in [-0.25, -0.2) is 8.42 Å². The molecule has 6 nitrogen and oxygen atoms in total. The number of nitrogens with one attached hydrogen (secondary N) is 1. The molecule has 0 aliphatic heterocycles. The van der Waals surface area contributed by atoms with E-state index in [1.807, 2.05) is 61.5 Å². The predicted molar refractivity (Wildman–Crippen MR) is 116 cm³/mol. The van der Waals surface area contributed by atoms with Crippen LogP contribution in [-0.4, -0.2) is 40.3 Å². The Morgan fingerprint density at radius 3 is 2.52 bits per heavy atom. The standard InChI is InChI=1S/C22H24N2O4S/c1-17-7-5-10-19(15-17)28-14-13-23-22(25)16-24(29(2,26)27)21-12-6-9-18-8-3-4-11-20(18)21/h3-12,15H,13-14,16H2,1-2H3,(H,23,25). The molecule has 0 aliphatic rings. The van der Waals surface area contributed by atoms with E-state index in [1.54, 1.807) is 12.1 Å². The molecule has 1 N–H and O–H groups in total. The number of hydrogen-bond donors (Lipinski definition) is 1. The number of amides is 1. The largest absolute Gasteiger partial charge is 0.492 e. The van der Waals surface area contributed by atoms with Crippen molar-refractivity contribution in [1.82, 2.24) is 5.32 Å². The molecule has 0 fully saturated rings. The molecule has 0 aliphatic carbocycles. The highest BCUT2D eigenvalue weighted by atomic mass is 32.2. The summed E-state index contributed by atoms with van der Waals surface area (Å²) in [5.74, 6) is 0.337. The second-order valence-electron chi connectivity index (χ2n) is 6.78. The Morgan fingerprint density at radius 2 is 1.76 bits per heavy atom. The van der Waals surface area contributed by atoms with Gasteiger partial charge in [0.25, 0.3) is 0 Å². The topological polar surface area (TPSA) is 75.7 Å². The molecule has 0 saturated heterocycles. The molecule has 152 valence electrons. The van der Waals surface area contributed by atoms with E-state index in [0.29, 0.717) is 12.3 Å². The summed E-state index contributed by atoms with van der Waals surface area (Å²) in [7, 11) is -3.64. The van der Waals surface area contributed by atoms with Crippen LogP contribution in [0, 0.1) is 6.92 Å². The molecule has 3 aromatic rings. The third kappa shape index (κ3) is 5.48. The van der Waals surface area contributed by atoms with Crippen molar-refractivity contribution in [3.05, 3.63) is 72.3 Å². The Kier molecular flexibility index (Phi) is 6.39. The summed E-state index contributed by atoms with van der Waals surface area (Å²) in [4.78, 5) is 12.4. The van der Waals surface area contributed by atoms with Crippen molar-refractivity contribution in [1.29, 1.82) is 0 Å². The normalized spacial score (nSPS) is 11.2. The molecule has 0 saturated carbocycles. The van der Waals surface area contributed by atoms with Gasteiger partial charge in [0.2, 0.25) is 15.9 Å². The van der Waals surface area contributed by atoms with Gasteiger partial charge in [0.1, 0.15) is 18.9 Å². The first-order valence-electron chi connectivity index (χ1n) is 9.26. The van der Waals surface area contributed by atoms with Crippen molar-refractivity contribution in [3.63, 3.8) is 0 Å². The molecule has 7 heteroatoms. The monoisotopic (exact) mass is 412 g/mol. The minimum atomic E-state index is -3.64. The second kappa shape index (κ2) is 8.96. The molecule has 1 amide bonds. The number of benzene rings is 3. The van der Waals surface area contributed by atoms with Crippen LogP contribution in [0.4, 0.5) is 5.69 Å². The Balaban J connectivity index is 1.65. The number of ether oxygens (including phenoxy) is 1. The maximum absolute atomic E-state index is 12.4. The van der Waals surface area contributed by atoms with E-state index >= 15 is 0 Å². The van der Waals surface area contributed by atoms with E-state index in [9.17, 15) is 13.2 Å². The van der Waals surface area contributed by atoms with Gasteiger partial charge >= 0.3 is 0 Å². The SMILES string of the molecule is Cc1cccc(OCCNC(=O)CN(c2cccc3ccccc23)S(C)(=O)=O)c1. The molecular formula is C22H24N2O4S. The summed E-state index contributed by atoms with van der Waals surface area (Å²) in [6.45, 7) is 2.25. The average Bonchev–Trinajstić information content (AvgIpc) is 2.68. The first kappa shape index (κ1) is 20.7. The second-order valence-corrected chi connectivity index (χ2v) is 8.69. The van der Waals surface area contributed by atoms with Crippen LogP contribution in [0.1, 0.15) is 5.56 Å². The third-order valence-corrected chi connectivity index (χ3v) is 5.53. The van der Waals surface area contributed by atoms with Crippen LogP contribution in [-0.2, 0) is 14.8 Å². The zero-order chi connectivity index (χ0) is 20.9. The lowest BCUT2D eigenvalue weighted by atomic mass is 10.1. The lowest BCUT2D eigenvalue weighted by molar-refractivity contribution is -0.119. The fourth-order valence-corrected chi connectivity index (χ4v) is 3.93. The molecule has 3 rings (SSSR count). The van der Waals surface area contributed by atoms with E-state index in [4.69, 9.17) is 4.74 Å². The van der Waals surface area contributed by atoms with Crippen molar-refractivity contribution < 1.29 is 17.9 Å². The van der Waals surface area contributed by atoms with Gasteiger partial charge in [-0.3, -0.25) is 9.10 Å². The minimum absolute atomic E-state index is 0.278. The maximum Gasteiger partial charge on any atom is 0.240 e. The fraction of sp³-hybridized carbons (Fsp3) is 0.227. The van der Waals surface area contributed by atoms with E-state index < -0.39 is 15.9 Å². The minimum Gasteiger partial charge on any atom is -0.492 e. The number of anilines is 1. The van der Waals surface area contributed by atoms with Crippen LogP contribution in [0.15, 0.2) is 66.7 Å².